The van der Waals surface area contributed by atoms with Crippen molar-refractivity contribution in [1.29, 1.82) is 0 Å². The van der Waals surface area contributed by atoms with Crippen LogP contribution < -0.4 is 19.6 Å². The molecule has 8 aromatic rings. The second-order valence-corrected chi connectivity index (χ2v) is 18.9. The minimum absolute atomic E-state index is 0.000244. The van der Waals surface area contributed by atoms with Gasteiger partial charge in [0.25, 0.3) is 0 Å². The molecule has 2 atom stereocenters. The Balaban J connectivity index is 0.944. The Morgan fingerprint density at radius 1 is 0.380 bits per heavy atom. The molecule has 0 aromatic heterocycles. The molecule has 4 aliphatic rings. The SMILES string of the molecule is CC12C=CC=CC1=CC(N(c1ccccc1)c1ccc(N(c3ccc(N(C4=CCC5C=CC=CC5=C4)c4ccccc4)cc3)c3ccc(N(c4ccccc4)c4ccc5ccccc5c4)cc3)cc1)=CC2. The van der Waals surface area contributed by atoms with E-state index in [0.717, 1.165) is 69.7 Å². The number of rotatable bonds is 12. The fraction of sp³-hybridized carbons (Fsp3) is 0.0746. The smallest absolute Gasteiger partial charge is 0.0468 e. The van der Waals surface area contributed by atoms with Crippen molar-refractivity contribution >= 4 is 67.6 Å². The van der Waals surface area contributed by atoms with Crippen LogP contribution in [0.2, 0.25) is 0 Å². The molecule has 0 radical (unpaired) electrons. The third-order valence-electron chi connectivity index (χ3n) is 14.3. The molecule has 2 unspecified atom stereocenters. The van der Waals surface area contributed by atoms with Crippen LogP contribution in [0.15, 0.2) is 302 Å². The molecule has 4 nitrogen and oxygen atoms in total. The fourth-order valence-electron chi connectivity index (χ4n) is 10.5. The minimum Gasteiger partial charge on any atom is -0.311 e. The molecule has 0 aliphatic heterocycles. The van der Waals surface area contributed by atoms with Gasteiger partial charge < -0.3 is 19.6 Å². The molecule has 0 amide bonds. The zero-order valence-electron chi connectivity index (χ0n) is 39.8. The summed E-state index contributed by atoms with van der Waals surface area (Å²) < 4.78 is 0. The summed E-state index contributed by atoms with van der Waals surface area (Å²) in [7, 11) is 0. The monoisotopic (exact) mass is 914 g/mol. The summed E-state index contributed by atoms with van der Waals surface area (Å²) in [4.78, 5) is 9.48. The second-order valence-electron chi connectivity index (χ2n) is 18.9. The van der Waals surface area contributed by atoms with Gasteiger partial charge in [0.2, 0.25) is 0 Å². The predicted molar refractivity (Wildman–Crippen MR) is 300 cm³/mol. The number of nitrogens with zero attached hydrogens (tertiary/aromatic N) is 4. The summed E-state index contributed by atoms with van der Waals surface area (Å²) in [6.45, 7) is 2.33. The quantitative estimate of drug-likeness (QED) is 0.121. The van der Waals surface area contributed by atoms with Gasteiger partial charge in [-0.2, -0.15) is 0 Å². The maximum Gasteiger partial charge on any atom is 0.0468 e. The lowest BCUT2D eigenvalue weighted by atomic mass is 9.73. The van der Waals surface area contributed by atoms with Gasteiger partial charge in [-0.3, -0.25) is 0 Å². The second kappa shape index (κ2) is 18.9. The molecule has 71 heavy (non-hydrogen) atoms. The van der Waals surface area contributed by atoms with Gasteiger partial charge in [0, 0.05) is 79.6 Å². The summed E-state index contributed by atoms with van der Waals surface area (Å²) in [5.41, 5.74) is 15.9. The summed E-state index contributed by atoms with van der Waals surface area (Å²) in [5, 5.41) is 2.43. The fourth-order valence-corrected chi connectivity index (χ4v) is 10.5. The van der Waals surface area contributed by atoms with Gasteiger partial charge in [0.15, 0.2) is 0 Å². The molecular formula is C67H54N4. The highest BCUT2D eigenvalue weighted by Gasteiger charge is 2.30. The zero-order chi connectivity index (χ0) is 47.6. The van der Waals surface area contributed by atoms with Crippen molar-refractivity contribution in [3.63, 3.8) is 0 Å². The number of fused-ring (bicyclic) bond motifs is 3. The lowest BCUT2D eigenvalue weighted by Crippen LogP contribution is -2.24. The third-order valence-corrected chi connectivity index (χ3v) is 14.3. The third kappa shape index (κ3) is 8.66. The maximum absolute atomic E-state index is 2.39. The number of allylic oxidation sites excluding steroid dienone is 14. The van der Waals surface area contributed by atoms with E-state index in [1.54, 1.807) is 0 Å². The van der Waals surface area contributed by atoms with Gasteiger partial charge in [0.1, 0.15) is 0 Å². The number of para-hydroxylation sites is 3. The van der Waals surface area contributed by atoms with E-state index in [2.05, 4.69) is 306 Å². The molecule has 4 aliphatic carbocycles. The topological polar surface area (TPSA) is 13.0 Å². The van der Waals surface area contributed by atoms with Gasteiger partial charge in [-0.1, -0.05) is 153 Å². The average Bonchev–Trinajstić information content (AvgIpc) is 3.43. The average molecular weight is 915 g/mol. The molecule has 0 saturated heterocycles. The van der Waals surface area contributed by atoms with Crippen LogP contribution in [-0.2, 0) is 0 Å². The van der Waals surface area contributed by atoms with E-state index in [0.29, 0.717) is 5.92 Å². The lowest BCUT2D eigenvalue weighted by Gasteiger charge is -2.36. The van der Waals surface area contributed by atoms with E-state index in [-0.39, 0.29) is 5.41 Å². The molecular weight excluding hydrogens is 861 g/mol. The van der Waals surface area contributed by atoms with E-state index in [4.69, 9.17) is 0 Å². The number of hydrogen-bond donors (Lipinski definition) is 0. The molecule has 8 aromatic carbocycles. The summed E-state index contributed by atoms with van der Waals surface area (Å²) in [6, 6.07) is 74.5. The Kier molecular flexibility index (Phi) is 11.6. The highest BCUT2D eigenvalue weighted by Crippen LogP contribution is 2.46. The van der Waals surface area contributed by atoms with E-state index in [1.165, 1.54) is 33.3 Å². The van der Waals surface area contributed by atoms with Crippen LogP contribution in [-0.4, -0.2) is 0 Å². The number of benzene rings is 8. The van der Waals surface area contributed by atoms with Crippen LogP contribution in [0.5, 0.6) is 0 Å². The molecule has 12 rings (SSSR count). The summed E-state index contributed by atoms with van der Waals surface area (Å²) in [5.74, 6) is 0.417. The van der Waals surface area contributed by atoms with Crippen molar-refractivity contribution in [2.75, 3.05) is 19.6 Å². The van der Waals surface area contributed by atoms with E-state index < -0.39 is 0 Å². The van der Waals surface area contributed by atoms with Crippen molar-refractivity contribution < 1.29 is 0 Å². The van der Waals surface area contributed by atoms with Crippen molar-refractivity contribution in [2.24, 2.45) is 11.3 Å². The molecule has 0 N–H and O–H groups in total. The van der Waals surface area contributed by atoms with Crippen LogP contribution in [0.3, 0.4) is 0 Å². The Labute approximate surface area is 418 Å². The Bertz CT molecular complexity index is 3470. The lowest BCUT2D eigenvalue weighted by molar-refractivity contribution is 0.523. The van der Waals surface area contributed by atoms with Crippen LogP contribution in [0.1, 0.15) is 19.8 Å². The van der Waals surface area contributed by atoms with Gasteiger partial charge in [-0.05, 0) is 168 Å². The summed E-state index contributed by atoms with van der Waals surface area (Å²) in [6.07, 6.45) is 29.2. The van der Waals surface area contributed by atoms with Crippen LogP contribution in [0, 0.1) is 11.3 Å². The molecule has 0 saturated carbocycles. The van der Waals surface area contributed by atoms with Crippen LogP contribution >= 0.6 is 0 Å². The Hall–Kier alpha value is -8.86. The number of hydrogen-bond acceptors (Lipinski definition) is 4. The van der Waals surface area contributed by atoms with E-state index >= 15 is 0 Å². The first-order valence-electron chi connectivity index (χ1n) is 24.7. The molecule has 0 heterocycles. The first-order valence-corrected chi connectivity index (χ1v) is 24.7. The van der Waals surface area contributed by atoms with Gasteiger partial charge in [-0.15, -0.1) is 0 Å². The maximum atomic E-state index is 2.39. The van der Waals surface area contributed by atoms with Gasteiger partial charge >= 0.3 is 0 Å². The predicted octanol–water partition coefficient (Wildman–Crippen LogP) is 18.4. The van der Waals surface area contributed by atoms with Crippen molar-refractivity contribution in [3.05, 3.63) is 302 Å². The van der Waals surface area contributed by atoms with Crippen LogP contribution in [0.4, 0.5) is 56.9 Å². The van der Waals surface area contributed by atoms with Crippen molar-refractivity contribution in [1.82, 2.24) is 0 Å². The first-order chi connectivity index (χ1) is 35.0. The van der Waals surface area contributed by atoms with Gasteiger partial charge in [0.05, 0.1) is 0 Å². The van der Waals surface area contributed by atoms with Crippen LogP contribution in [0.25, 0.3) is 10.8 Å². The number of anilines is 10. The van der Waals surface area contributed by atoms with Gasteiger partial charge in [-0.25, -0.2) is 0 Å². The molecule has 0 fully saturated rings. The summed E-state index contributed by atoms with van der Waals surface area (Å²) >= 11 is 0. The molecule has 0 spiro atoms. The van der Waals surface area contributed by atoms with Crippen molar-refractivity contribution in [2.45, 2.75) is 19.8 Å². The van der Waals surface area contributed by atoms with Crippen molar-refractivity contribution in [3.8, 4) is 0 Å². The largest absolute Gasteiger partial charge is 0.311 e. The first kappa shape index (κ1) is 43.4. The standard InChI is InChI=1S/C67H54N4/c1-67-45-16-15-21-54(67)49-66(44-46-67)71(57-26-9-4-10-27-57)63-42-36-60(37-43-63)68(58-32-38-61(39-33-58)69(55-22-5-2-6-23-55)64-30-28-50-17-11-13-19-52(50)47-64)59-34-40-62(41-35-59)70(56-24-7-3-8-25-56)65-31-29-51-18-12-14-20-53(51)48-65/h2-28,30-45,47-49,51H,29,46H2,1H3. The van der Waals surface area contributed by atoms with E-state index in [1.807, 2.05) is 0 Å². The highest BCUT2D eigenvalue weighted by atomic mass is 15.2. The Morgan fingerprint density at radius 2 is 0.817 bits per heavy atom. The molecule has 0 bridgehead atoms. The highest BCUT2D eigenvalue weighted by molar-refractivity contribution is 5.90. The zero-order valence-corrected chi connectivity index (χ0v) is 39.8. The van der Waals surface area contributed by atoms with E-state index in [9.17, 15) is 0 Å². The normalized spacial score (nSPS) is 17.6. The molecule has 4 heteroatoms. The minimum atomic E-state index is -0.000244. The Morgan fingerprint density at radius 3 is 1.38 bits per heavy atom. The molecule has 342 valence electrons.